The lowest BCUT2D eigenvalue weighted by molar-refractivity contribution is -0.138. The smallest absolute Gasteiger partial charge is 0.318 e. The topological polar surface area (TPSA) is 149 Å². The maximum atomic E-state index is 13.6. The van der Waals surface area contributed by atoms with Gasteiger partial charge in [0.05, 0.1) is 12.7 Å². The number of likely N-dealkylation sites (tertiary alicyclic amines) is 1. The molecule has 0 unspecified atom stereocenters. The Hall–Kier alpha value is -4.58. The largest absolute Gasteiger partial charge is 0.478 e. The molecule has 12 nitrogen and oxygen atoms in total. The molecule has 3 aliphatic rings. The number of carbonyl (C=O) groups is 3. The van der Waals surface area contributed by atoms with E-state index in [1.165, 1.54) is 0 Å². The highest BCUT2D eigenvalue weighted by atomic mass is 16.5. The Morgan fingerprint density at radius 3 is 2.56 bits per heavy atom. The Kier molecular flexibility index (Phi) is 10.2. The molecule has 1 saturated carbocycles. The van der Waals surface area contributed by atoms with E-state index in [1.54, 1.807) is 24.9 Å². The van der Waals surface area contributed by atoms with E-state index in [1.807, 2.05) is 35.4 Å². The van der Waals surface area contributed by atoms with Crippen molar-refractivity contribution in [2.45, 2.75) is 70.2 Å². The number of ether oxygens (including phenoxy) is 1. The molecule has 48 heavy (non-hydrogen) atoms. The molecule has 0 bridgehead atoms. The van der Waals surface area contributed by atoms with E-state index in [-0.39, 0.29) is 36.5 Å². The first-order valence-electron chi connectivity index (χ1n) is 17.1. The summed E-state index contributed by atoms with van der Waals surface area (Å²) in [5.41, 5.74) is 8.75. The summed E-state index contributed by atoms with van der Waals surface area (Å²) in [6, 6.07) is 16.3. The average Bonchev–Trinajstić information content (AvgIpc) is 3.55. The number of aromatic nitrogens is 2. The highest BCUT2D eigenvalue weighted by Gasteiger charge is 2.35. The third kappa shape index (κ3) is 8.28. The van der Waals surface area contributed by atoms with Crippen molar-refractivity contribution < 1.29 is 19.1 Å². The Morgan fingerprint density at radius 1 is 1.04 bits per heavy atom. The van der Waals surface area contributed by atoms with Crippen LogP contribution >= 0.6 is 0 Å². The van der Waals surface area contributed by atoms with Gasteiger partial charge in [-0.15, -0.1) is 0 Å². The molecule has 3 aromatic rings. The van der Waals surface area contributed by atoms with Crippen LogP contribution in [0.3, 0.4) is 0 Å². The first kappa shape index (κ1) is 33.3. The third-order valence-electron chi connectivity index (χ3n) is 9.61. The predicted octanol–water partition coefficient (Wildman–Crippen LogP) is 3.50. The molecule has 256 valence electrons. The van der Waals surface area contributed by atoms with Crippen LogP contribution in [-0.4, -0.2) is 94.8 Å². The summed E-state index contributed by atoms with van der Waals surface area (Å²) < 4.78 is 6.17. The van der Waals surface area contributed by atoms with E-state index in [4.69, 9.17) is 10.5 Å². The van der Waals surface area contributed by atoms with Crippen molar-refractivity contribution >= 4 is 23.5 Å². The van der Waals surface area contributed by atoms with E-state index in [0.29, 0.717) is 44.4 Å². The molecule has 2 aromatic carbocycles. The first-order chi connectivity index (χ1) is 23.2. The molecule has 2 atom stereocenters. The van der Waals surface area contributed by atoms with Crippen LogP contribution in [0.2, 0.25) is 0 Å². The SMILES string of the molecule is CC(C)(Oc1cccc(N2CCC[C@H](NC(=O)N(Cc3ccc(-c4cn[nH]c4)cc3)C3CC3)C2)c1)C(=O)NCC(=O)N1CC[C@@H](CN)C1. The molecular weight excluding hydrogens is 608 g/mol. The van der Waals surface area contributed by atoms with Crippen molar-refractivity contribution in [2.24, 2.45) is 11.7 Å². The van der Waals surface area contributed by atoms with Crippen molar-refractivity contribution in [2.75, 3.05) is 44.2 Å². The minimum atomic E-state index is -1.19. The van der Waals surface area contributed by atoms with Crippen LogP contribution in [0.25, 0.3) is 11.1 Å². The number of amides is 4. The van der Waals surface area contributed by atoms with E-state index in [0.717, 1.165) is 61.0 Å². The number of H-pyrrole nitrogens is 1. The number of piperidine rings is 1. The second-order valence-corrected chi connectivity index (χ2v) is 13.8. The summed E-state index contributed by atoms with van der Waals surface area (Å²) in [6.45, 7) is 7.32. The third-order valence-corrected chi connectivity index (χ3v) is 9.61. The maximum absolute atomic E-state index is 13.6. The fraction of sp³-hybridized carbons (Fsp3) is 0.500. The molecule has 0 radical (unpaired) electrons. The molecule has 12 heteroatoms. The van der Waals surface area contributed by atoms with E-state index in [2.05, 4.69) is 50.0 Å². The van der Waals surface area contributed by atoms with Crippen LogP contribution in [0, 0.1) is 5.92 Å². The number of carbonyl (C=O) groups excluding carboxylic acids is 3. The normalized spacial score (nSPS) is 19.6. The van der Waals surface area contributed by atoms with Gasteiger partial charge in [0.25, 0.3) is 5.91 Å². The lowest BCUT2D eigenvalue weighted by Gasteiger charge is -2.36. The van der Waals surface area contributed by atoms with Gasteiger partial charge in [0.2, 0.25) is 5.91 Å². The minimum Gasteiger partial charge on any atom is -0.478 e. The van der Waals surface area contributed by atoms with Gasteiger partial charge in [-0.25, -0.2) is 4.79 Å². The molecule has 3 fully saturated rings. The van der Waals surface area contributed by atoms with E-state index >= 15 is 0 Å². The van der Waals surface area contributed by atoms with Crippen molar-refractivity contribution in [1.82, 2.24) is 30.6 Å². The zero-order valence-electron chi connectivity index (χ0n) is 28.0. The van der Waals surface area contributed by atoms with Gasteiger partial charge in [0.15, 0.2) is 5.60 Å². The van der Waals surface area contributed by atoms with Crippen molar-refractivity contribution in [1.29, 1.82) is 0 Å². The Bertz CT molecular complexity index is 1560. The molecule has 4 amide bonds. The van der Waals surface area contributed by atoms with Crippen molar-refractivity contribution in [3.63, 3.8) is 0 Å². The summed E-state index contributed by atoms with van der Waals surface area (Å²) >= 11 is 0. The standard InChI is InChI=1S/C36H48N8O4/c1-36(2,34(46)38-21-33(45)43-16-14-26(18-37)22-43)48-32-7-3-6-31(17-32)42-15-4-5-29(24-42)41-35(47)44(30-12-13-30)23-25-8-10-27(11-9-25)28-19-39-40-20-28/h3,6-11,17,19-20,26,29-30H,4-5,12-16,18,21-24,37H2,1-2H3,(H,38,46)(H,39,40)(H,41,47)/t26-,29-/m0/s1. The highest BCUT2D eigenvalue weighted by molar-refractivity contribution is 5.89. The van der Waals surface area contributed by atoms with Crippen LogP contribution in [0.4, 0.5) is 10.5 Å². The zero-order valence-corrected chi connectivity index (χ0v) is 28.0. The summed E-state index contributed by atoms with van der Waals surface area (Å²) in [5, 5.41) is 13.0. The second kappa shape index (κ2) is 14.7. The molecule has 2 saturated heterocycles. The number of rotatable bonds is 12. The fourth-order valence-corrected chi connectivity index (χ4v) is 6.56. The summed E-state index contributed by atoms with van der Waals surface area (Å²) in [6.07, 6.45) is 8.48. The number of nitrogens with two attached hydrogens (primary N) is 1. The summed E-state index contributed by atoms with van der Waals surface area (Å²) in [4.78, 5) is 45.2. The number of nitrogens with zero attached hydrogens (tertiary/aromatic N) is 4. The summed E-state index contributed by atoms with van der Waals surface area (Å²) in [5.74, 6) is 0.424. The lowest BCUT2D eigenvalue weighted by Crippen LogP contribution is -2.52. The van der Waals surface area contributed by atoms with Gasteiger partial charge in [0, 0.05) is 68.3 Å². The van der Waals surface area contributed by atoms with Gasteiger partial charge in [0.1, 0.15) is 5.75 Å². The summed E-state index contributed by atoms with van der Waals surface area (Å²) in [7, 11) is 0. The van der Waals surface area contributed by atoms with Crippen LogP contribution < -0.4 is 26.0 Å². The number of hydrogen-bond donors (Lipinski definition) is 4. The van der Waals surface area contributed by atoms with Gasteiger partial charge in [-0.05, 0) is 81.7 Å². The Morgan fingerprint density at radius 2 is 1.85 bits per heavy atom. The quantitative estimate of drug-likeness (QED) is 0.233. The molecular formula is C36H48N8O4. The number of benzene rings is 2. The Labute approximate surface area is 282 Å². The van der Waals surface area contributed by atoms with E-state index < -0.39 is 5.60 Å². The zero-order chi connectivity index (χ0) is 33.7. The lowest BCUT2D eigenvalue weighted by atomic mass is 10.0. The fourth-order valence-electron chi connectivity index (χ4n) is 6.56. The van der Waals surface area contributed by atoms with Crippen LogP contribution in [0.5, 0.6) is 5.75 Å². The van der Waals surface area contributed by atoms with Crippen molar-refractivity contribution in [3.05, 3.63) is 66.5 Å². The second-order valence-electron chi connectivity index (χ2n) is 13.8. The molecule has 0 spiro atoms. The number of hydrogen-bond acceptors (Lipinski definition) is 7. The van der Waals surface area contributed by atoms with Gasteiger partial charge < -0.3 is 35.8 Å². The predicted molar refractivity (Wildman–Crippen MR) is 184 cm³/mol. The van der Waals surface area contributed by atoms with Gasteiger partial charge in [-0.1, -0.05) is 30.3 Å². The number of anilines is 1. The monoisotopic (exact) mass is 656 g/mol. The van der Waals surface area contributed by atoms with E-state index in [9.17, 15) is 14.4 Å². The Balaban J connectivity index is 1.01. The van der Waals surface area contributed by atoms with Crippen molar-refractivity contribution in [3.8, 4) is 16.9 Å². The molecule has 2 aliphatic heterocycles. The van der Waals surface area contributed by atoms with Crippen LogP contribution in [0.15, 0.2) is 60.9 Å². The van der Waals surface area contributed by atoms with Crippen LogP contribution in [-0.2, 0) is 16.1 Å². The average molecular weight is 657 g/mol. The maximum Gasteiger partial charge on any atom is 0.318 e. The van der Waals surface area contributed by atoms with Gasteiger partial charge in [-0.2, -0.15) is 5.10 Å². The number of aromatic amines is 1. The highest BCUT2D eigenvalue weighted by Crippen LogP contribution is 2.30. The molecule has 1 aromatic heterocycles. The van der Waals surface area contributed by atoms with Crippen LogP contribution in [0.1, 0.15) is 51.5 Å². The molecule has 6 rings (SSSR count). The number of nitrogens with one attached hydrogen (secondary N) is 3. The first-order valence-corrected chi connectivity index (χ1v) is 17.1. The number of urea groups is 1. The van der Waals surface area contributed by atoms with Gasteiger partial charge in [-0.3, -0.25) is 14.7 Å². The molecule has 3 heterocycles. The molecule has 5 N–H and O–H groups in total. The molecule has 1 aliphatic carbocycles. The van der Waals surface area contributed by atoms with Gasteiger partial charge >= 0.3 is 6.03 Å². The minimum absolute atomic E-state index is 0.0102.